The highest BCUT2D eigenvalue weighted by molar-refractivity contribution is 4.95. The lowest BCUT2D eigenvalue weighted by Gasteiger charge is -2.31. The van der Waals surface area contributed by atoms with Crippen molar-refractivity contribution in [1.29, 1.82) is 0 Å². The maximum absolute atomic E-state index is 9.26. The van der Waals surface area contributed by atoms with Crippen LogP contribution < -0.4 is 5.32 Å². The van der Waals surface area contributed by atoms with E-state index in [4.69, 9.17) is 4.74 Å². The quantitative estimate of drug-likeness (QED) is 0.725. The third kappa shape index (κ3) is 3.19. The predicted octanol–water partition coefficient (Wildman–Crippen LogP) is 1.70. The molecule has 0 bridgehead atoms. The monoisotopic (exact) mass is 227 g/mol. The van der Waals surface area contributed by atoms with Crippen LogP contribution in [0.5, 0.6) is 0 Å². The summed E-state index contributed by atoms with van der Waals surface area (Å²) in [5.41, 5.74) is 0.235. The summed E-state index contributed by atoms with van der Waals surface area (Å²) in [5.74, 6) is 0. The van der Waals surface area contributed by atoms with Crippen molar-refractivity contribution in [3.05, 3.63) is 0 Å². The molecule has 1 aliphatic carbocycles. The Kier molecular flexibility index (Phi) is 4.22. The molecule has 2 unspecified atom stereocenters. The van der Waals surface area contributed by atoms with Gasteiger partial charge in [0.25, 0.3) is 0 Å². The maximum atomic E-state index is 9.26. The van der Waals surface area contributed by atoms with Crippen LogP contribution in [0.3, 0.4) is 0 Å². The van der Waals surface area contributed by atoms with Gasteiger partial charge in [-0.2, -0.15) is 0 Å². The first-order valence-electron chi connectivity index (χ1n) is 6.74. The van der Waals surface area contributed by atoms with Crippen molar-refractivity contribution < 1.29 is 9.84 Å². The lowest BCUT2D eigenvalue weighted by molar-refractivity contribution is -0.00434. The zero-order valence-corrected chi connectivity index (χ0v) is 10.4. The summed E-state index contributed by atoms with van der Waals surface area (Å²) in [4.78, 5) is 0. The molecule has 1 heterocycles. The Bertz CT molecular complexity index is 214. The Labute approximate surface area is 98.6 Å². The molecule has 3 nitrogen and oxygen atoms in total. The van der Waals surface area contributed by atoms with E-state index < -0.39 is 0 Å². The van der Waals surface area contributed by atoms with Crippen molar-refractivity contribution in [2.45, 2.75) is 57.6 Å². The fraction of sp³-hybridized carbons (Fsp3) is 1.00. The van der Waals surface area contributed by atoms with Gasteiger partial charge in [0.15, 0.2) is 0 Å². The Balaban J connectivity index is 1.69. The van der Waals surface area contributed by atoms with Crippen LogP contribution >= 0.6 is 0 Å². The second kappa shape index (κ2) is 5.48. The molecule has 2 fully saturated rings. The van der Waals surface area contributed by atoms with Crippen LogP contribution in [0.15, 0.2) is 0 Å². The average Bonchev–Trinajstić information content (AvgIpc) is 3.08. The third-order valence-corrected chi connectivity index (χ3v) is 4.04. The molecule has 0 spiro atoms. The van der Waals surface area contributed by atoms with E-state index in [1.54, 1.807) is 0 Å². The molecule has 0 aromatic rings. The Morgan fingerprint density at radius 1 is 1.44 bits per heavy atom. The van der Waals surface area contributed by atoms with Crippen LogP contribution in [0.1, 0.15) is 45.4 Å². The van der Waals surface area contributed by atoms with E-state index in [2.05, 4.69) is 12.2 Å². The van der Waals surface area contributed by atoms with Crippen LogP contribution in [-0.4, -0.2) is 37.0 Å². The van der Waals surface area contributed by atoms with Crippen LogP contribution in [0.25, 0.3) is 0 Å². The Hall–Kier alpha value is -0.120. The normalized spacial score (nSPS) is 32.6. The van der Waals surface area contributed by atoms with Gasteiger partial charge in [0.05, 0.1) is 6.10 Å². The number of hydrogen-bond acceptors (Lipinski definition) is 3. The van der Waals surface area contributed by atoms with E-state index >= 15 is 0 Å². The van der Waals surface area contributed by atoms with Crippen LogP contribution in [-0.2, 0) is 4.74 Å². The van der Waals surface area contributed by atoms with Crippen molar-refractivity contribution in [3.63, 3.8) is 0 Å². The van der Waals surface area contributed by atoms with Gasteiger partial charge >= 0.3 is 0 Å². The molecular weight excluding hydrogens is 202 g/mol. The minimum atomic E-state index is 0.235. The topological polar surface area (TPSA) is 41.5 Å². The highest BCUT2D eigenvalue weighted by Gasteiger charge is 2.42. The SMILES string of the molecule is CCCC1CC(NCC2(CO)CC2)CCO1. The second-order valence-corrected chi connectivity index (χ2v) is 5.54. The first kappa shape index (κ1) is 12.3. The molecule has 0 aromatic heterocycles. The van der Waals surface area contributed by atoms with Crippen LogP contribution in [0.4, 0.5) is 0 Å². The largest absolute Gasteiger partial charge is 0.396 e. The molecule has 1 saturated heterocycles. The van der Waals surface area contributed by atoms with Gasteiger partial charge in [-0.05, 0) is 32.1 Å². The van der Waals surface area contributed by atoms with Gasteiger partial charge in [-0.15, -0.1) is 0 Å². The lowest BCUT2D eigenvalue weighted by atomic mass is 9.99. The van der Waals surface area contributed by atoms with Gasteiger partial charge in [0.1, 0.15) is 0 Å². The predicted molar refractivity (Wildman–Crippen MR) is 64.4 cm³/mol. The fourth-order valence-corrected chi connectivity index (χ4v) is 2.52. The third-order valence-electron chi connectivity index (χ3n) is 4.04. The molecule has 0 radical (unpaired) electrons. The van der Waals surface area contributed by atoms with Gasteiger partial charge in [-0.25, -0.2) is 0 Å². The smallest absolute Gasteiger partial charge is 0.0589 e. The Morgan fingerprint density at radius 2 is 2.25 bits per heavy atom. The van der Waals surface area contributed by atoms with Crippen LogP contribution in [0, 0.1) is 5.41 Å². The van der Waals surface area contributed by atoms with Gasteiger partial charge in [0.2, 0.25) is 0 Å². The number of aliphatic hydroxyl groups is 1. The molecular formula is C13H25NO2. The molecule has 2 rings (SSSR count). The standard InChI is InChI=1S/C13H25NO2/c1-2-3-12-8-11(4-7-16-12)14-9-13(10-15)5-6-13/h11-12,14-15H,2-10H2,1H3. The molecule has 94 valence electrons. The van der Waals surface area contributed by atoms with E-state index in [1.807, 2.05) is 0 Å². The highest BCUT2D eigenvalue weighted by atomic mass is 16.5. The summed E-state index contributed by atoms with van der Waals surface area (Å²) in [6, 6.07) is 0.606. The van der Waals surface area contributed by atoms with Crippen molar-refractivity contribution in [3.8, 4) is 0 Å². The van der Waals surface area contributed by atoms with Crippen molar-refractivity contribution in [2.75, 3.05) is 19.8 Å². The van der Waals surface area contributed by atoms with Crippen molar-refractivity contribution in [1.82, 2.24) is 5.32 Å². The summed E-state index contributed by atoms with van der Waals surface area (Å²) in [7, 11) is 0. The van der Waals surface area contributed by atoms with E-state index in [1.165, 1.54) is 25.7 Å². The van der Waals surface area contributed by atoms with Crippen molar-refractivity contribution in [2.24, 2.45) is 5.41 Å². The zero-order chi connectivity index (χ0) is 11.4. The number of nitrogens with one attached hydrogen (secondary N) is 1. The van der Waals surface area contributed by atoms with Gasteiger partial charge in [0, 0.05) is 31.2 Å². The van der Waals surface area contributed by atoms with E-state index in [0.717, 1.165) is 26.0 Å². The van der Waals surface area contributed by atoms with Crippen LogP contribution in [0.2, 0.25) is 0 Å². The second-order valence-electron chi connectivity index (χ2n) is 5.54. The fourth-order valence-electron chi connectivity index (χ4n) is 2.52. The highest BCUT2D eigenvalue weighted by Crippen LogP contribution is 2.44. The number of aliphatic hydroxyl groups excluding tert-OH is 1. The van der Waals surface area contributed by atoms with Gasteiger partial charge in [-0.1, -0.05) is 13.3 Å². The summed E-state index contributed by atoms with van der Waals surface area (Å²) >= 11 is 0. The molecule has 2 N–H and O–H groups in total. The lowest BCUT2D eigenvalue weighted by Crippen LogP contribution is -2.42. The molecule has 0 aromatic carbocycles. The molecule has 1 aliphatic heterocycles. The Morgan fingerprint density at radius 3 is 2.88 bits per heavy atom. The van der Waals surface area contributed by atoms with Crippen molar-refractivity contribution >= 4 is 0 Å². The molecule has 0 amide bonds. The number of ether oxygens (including phenoxy) is 1. The minimum absolute atomic E-state index is 0.235. The zero-order valence-electron chi connectivity index (χ0n) is 10.4. The van der Waals surface area contributed by atoms with E-state index in [-0.39, 0.29) is 5.41 Å². The molecule has 16 heavy (non-hydrogen) atoms. The summed E-state index contributed by atoms with van der Waals surface area (Å²) < 4.78 is 5.73. The molecule has 2 atom stereocenters. The molecule has 3 heteroatoms. The van der Waals surface area contributed by atoms with E-state index in [9.17, 15) is 5.11 Å². The summed E-state index contributed by atoms with van der Waals surface area (Å²) in [6.45, 7) is 4.45. The minimum Gasteiger partial charge on any atom is -0.396 e. The maximum Gasteiger partial charge on any atom is 0.0589 e. The van der Waals surface area contributed by atoms with Gasteiger partial charge < -0.3 is 15.2 Å². The first-order chi connectivity index (χ1) is 7.78. The first-order valence-corrected chi connectivity index (χ1v) is 6.74. The number of hydrogen-bond donors (Lipinski definition) is 2. The molecule has 2 aliphatic rings. The summed E-state index contributed by atoms with van der Waals surface area (Å²) in [6.07, 6.45) is 7.51. The van der Waals surface area contributed by atoms with Gasteiger partial charge in [-0.3, -0.25) is 0 Å². The summed E-state index contributed by atoms with van der Waals surface area (Å²) in [5, 5.41) is 12.9. The van der Waals surface area contributed by atoms with E-state index in [0.29, 0.717) is 18.8 Å². The average molecular weight is 227 g/mol. The number of rotatable bonds is 6. The molecule has 1 saturated carbocycles.